The van der Waals surface area contributed by atoms with Crippen LogP contribution in [-0.2, 0) is 6.42 Å². The molecule has 2 heterocycles. The molecule has 0 saturated carbocycles. The van der Waals surface area contributed by atoms with E-state index >= 15 is 0 Å². The largest absolute Gasteiger partial charge is 0.504 e. The molecule has 21 heavy (non-hydrogen) atoms. The smallest absolute Gasteiger partial charge is 0.160 e. The van der Waals surface area contributed by atoms with Gasteiger partial charge < -0.3 is 15.2 Å². The van der Waals surface area contributed by atoms with Gasteiger partial charge in [0.1, 0.15) is 10.0 Å². The van der Waals surface area contributed by atoms with Gasteiger partial charge in [0.2, 0.25) is 0 Å². The summed E-state index contributed by atoms with van der Waals surface area (Å²) in [5.41, 5.74) is 2.10. The highest BCUT2D eigenvalue weighted by atomic mass is 32.1. The highest BCUT2D eigenvalue weighted by Crippen LogP contribution is 2.30. The van der Waals surface area contributed by atoms with Crippen molar-refractivity contribution in [2.24, 2.45) is 0 Å². The van der Waals surface area contributed by atoms with Crippen LogP contribution in [0.5, 0.6) is 11.5 Å². The minimum Gasteiger partial charge on any atom is -0.504 e. The van der Waals surface area contributed by atoms with Gasteiger partial charge in [-0.2, -0.15) is 0 Å². The molecule has 0 fully saturated rings. The van der Waals surface area contributed by atoms with Crippen molar-refractivity contribution in [3.8, 4) is 11.5 Å². The molecule has 0 radical (unpaired) electrons. The van der Waals surface area contributed by atoms with Crippen molar-refractivity contribution in [2.45, 2.75) is 19.3 Å². The molecule has 0 bridgehead atoms. The van der Waals surface area contributed by atoms with Gasteiger partial charge in [0.15, 0.2) is 11.5 Å². The van der Waals surface area contributed by atoms with E-state index in [0.717, 1.165) is 23.5 Å². The Bertz CT molecular complexity index is 641. The predicted octanol–water partition coefficient (Wildman–Crippen LogP) is 3.78. The molecule has 3 rings (SSSR count). The van der Waals surface area contributed by atoms with Crippen LogP contribution >= 0.6 is 11.3 Å². The highest BCUT2D eigenvalue weighted by Gasteiger charge is 2.12. The molecular weight excluding hydrogens is 284 g/mol. The number of thiazole rings is 1. The molecule has 1 aromatic heterocycles. The third-order valence-corrected chi connectivity index (χ3v) is 4.48. The van der Waals surface area contributed by atoms with E-state index in [0.29, 0.717) is 5.75 Å². The molecule has 0 atom stereocenters. The summed E-state index contributed by atoms with van der Waals surface area (Å²) in [6.45, 7) is 1.03. The lowest BCUT2D eigenvalue weighted by Crippen LogP contribution is -1.96. The number of aromatic hydroxyl groups is 1. The van der Waals surface area contributed by atoms with Crippen molar-refractivity contribution in [3.05, 3.63) is 34.5 Å². The Hall–Kier alpha value is -2.01. The fourth-order valence-electron chi connectivity index (χ4n) is 2.35. The Labute approximate surface area is 128 Å². The van der Waals surface area contributed by atoms with Gasteiger partial charge in [-0.25, -0.2) is 4.98 Å². The van der Waals surface area contributed by atoms with Gasteiger partial charge in [0, 0.05) is 6.54 Å². The van der Waals surface area contributed by atoms with Crippen LogP contribution in [0.3, 0.4) is 0 Å². The summed E-state index contributed by atoms with van der Waals surface area (Å²) in [5, 5.41) is 15.4. The maximum absolute atomic E-state index is 9.77. The number of hydrogen-bond donors (Lipinski definition) is 2. The Morgan fingerprint density at radius 1 is 1.33 bits per heavy atom. The maximum atomic E-state index is 9.77. The van der Waals surface area contributed by atoms with E-state index in [1.165, 1.54) is 23.5 Å². The quantitative estimate of drug-likeness (QED) is 0.906. The minimum absolute atomic E-state index is 0.149. The zero-order valence-electron chi connectivity index (χ0n) is 11.9. The average molecular weight is 302 g/mol. The molecule has 0 amide bonds. The molecule has 0 unspecified atom stereocenters. The van der Waals surface area contributed by atoms with Crippen molar-refractivity contribution in [1.29, 1.82) is 0 Å². The third-order valence-electron chi connectivity index (χ3n) is 3.46. The highest BCUT2D eigenvalue weighted by molar-refractivity contribution is 7.16. The molecule has 0 saturated heterocycles. The number of aryl methyl sites for hydroxylation is 1. The maximum Gasteiger partial charge on any atom is 0.160 e. The first-order valence-corrected chi connectivity index (χ1v) is 7.86. The summed E-state index contributed by atoms with van der Waals surface area (Å²) in [4.78, 5) is 4.66. The second kappa shape index (κ2) is 6.18. The lowest BCUT2D eigenvalue weighted by atomic mass is 10.2. The molecule has 1 aliphatic rings. The van der Waals surface area contributed by atoms with E-state index in [2.05, 4.69) is 10.3 Å². The lowest BCUT2D eigenvalue weighted by molar-refractivity contribution is 0.373. The molecule has 2 aromatic rings. The Kier molecular flexibility index (Phi) is 4.10. The summed E-state index contributed by atoms with van der Waals surface area (Å²) in [6.07, 6.45) is 7.40. The van der Waals surface area contributed by atoms with Gasteiger partial charge in [-0.15, -0.1) is 0 Å². The fraction of sp³-hybridized carbons (Fsp3) is 0.312. The standard InChI is InChI=1S/C16H18N2O2S/c1-20-14-7-5-11(10-13(14)19)6-8-15-18-12-4-2-3-9-17-16(12)21-15/h5-8,10,17,19H,2-4,9H2,1H3. The lowest BCUT2D eigenvalue weighted by Gasteiger charge is -2.03. The zero-order chi connectivity index (χ0) is 14.7. The summed E-state index contributed by atoms with van der Waals surface area (Å²) in [6, 6.07) is 5.35. The number of ether oxygens (including phenoxy) is 1. The summed E-state index contributed by atoms with van der Waals surface area (Å²) in [5.74, 6) is 0.633. The molecule has 1 aromatic carbocycles. The Morgan fingerprint density at radius 2 is 2.24 bits per heavy atom. The van der Waals surface area contributed by atoms with Crippen LogP contribution in [0.4, 0.5) is 5.00 Å². The van der Waals surface area contributed by atoms with Crippen molar-refractivity contribution >= 4 is 28.5 Å². The molecule has 110 valence electrons. The number of aromatic nitrogens is 1. The predicted molar refractivity (Wildman–Crippen MR) is 87.1 cm³/mol. The van der Waals surface area contributed by atoms with Crippen molar-refractivity contribution in [2.75, 3.05) is 19.0 Å². The van der Waals surface area contributed by atoms with Gasteiger partial charge >= 0.3 is 0 Å². The van der Waals surface area contributed by atoms with Gasteiger partial charge in [0.25, 0.3) is 0 Å². The molecule has 4 nitrogen and oxygen atoms in total. The molecular formula is C16H18N2O2S. The van der Waals surface area contributed by atoms with E-state index in [4.69, 9.17) is 4.74 Å². The van der Waals surface area contributed by atoms with E-state index in [9.17, 15) is 5.11 Å². The molecule has 0 aliphatic carbocycles. The normalized spacial score (nSPS) is 14.5. The number of nitrogens with zero attached hydrogens (tertiary/aromatic N) is 1. The van der Waals surface area contributed by atoms with Crippen LogP contribution in [0.1, 0.15) is 29.1 Å². The first-order valence-electron chi connectivity index (χ1n) is 7.05. The number of hydrogen-bond acceptors (Lipinski definition) is 5. The van der Waals surface area contributed by atoms with E-state index in [-0.39, 0.29) is 5.75 Å². The van der Waals surface area contributed by atoms with E-state index in [1.54, 1.807) is 30.6 Å². The second-order valence-corrected chi connectivity index (χ2v) is 6.01. The van der Waals surface area contributed by atoms with Gasteiger partial charge in [0.05, 0.1) is 12.8 Å². The first-order chi connectivity index (χ1) is 10.3. The number of benzene rings is 1. The average Bonchev–Trinajstić information content (AvgIpc) is 2.75. The SMILES string of the molecule is COc1ccc(C=Cc2nc3c(s2)NCCCC3)cc1O. The van der Waals surface area contributed by atoms with Crippen LogP contribution in [0.2, 0.25) is 0 Å². The summed E-state index contributed by atoms with van der Waals surface area (Å²) in [7, 11) is 1.54. The number of methoxy groups -OCH3 is 1. The summed E-state index contributed by atoms with van der Waals surface area (Å²) < 4.78 is 5.04. The molecule has 2 N–H and O–H groups in total. The third kappa shape index (κ3) is 3.19. The zero-order valence-corrected chi connectivity index (χ0v) is 12.7. The topological polar surface area (TPSA) is 54.4 Å². The molecule has 1 aliphatic heterocycles. The number of nitrogens with one attached hydrogen (secondary N) is 1. The van der Waals surface area contributed by atoms with Crippen LogP contribution in [0.25, 0.3) is 12.2 Å². The van der Waals surface area contributed by atoms with Crippen LogP contribution in [0, 0.1) is 0 Å². The number of phenols is 1. The number of rotatable bonds is 3. The van der Waals surface area contributed by atoms with Crippen LogP contribution in [-0.4, -0.2) is 23.7 Å². The first kappa shape index (κ1) is 13.9. The molecule has 0 spiro atoms. The van der Waals surface area contributed by atoms with Gasteiger partial charge in [-0.1, -0.05) is 23.5 Å². The second-order valence-electron chi connectivity index (χ2n) is 4.98. The number of phenolic OH excluding ortho intramolecular Hbond substituents is 1. The fourth-order valence-corrected chi connectivity index (χ4v) is 3.29. The molecule has 5 heteroatoms. The van der Waals surface area contributed by atoms with Crippen molar-refractivity contribution in [1.82, 2.24) is 4.98 Å². The van der Waals surface area contributed by atoms with Gasteiger partial charge in [-0.05, 0) is 43.0 Å². The number of anilines is 1. The van der Waals surface area contributed by atoms with Crippen molar-refractivity contribution < 1.29 is 9.84 Å². The van der Waals surface area contributed by atoms with Crippen LogP contribution in [0.15, 0.2) is 18.2 Å². The van der Waals surface area contributed by atoms with Gasteiger partial charge in [-0.3, -0.25) is 0 Å². The van der Waals surface area contributed by atoms with E-state index in [1.807, 2.05) is 18.2 Å². The van der Waals surface area contributed by atoms with Crippen molar-refractivity contribution in [3.63, 3.8) is 0 Å². The Balaban J connectivity index is 1.78. The number of fused-ring (bicyclic) bond motifs is 1. The van der Waals surface area contributed by atoms with E-state index < -0.39 is 0 Å². The monoisotopic (exact) mass is 302 g/mol. The summed E-state index contributed by atoms with van der Waals surface area (Å²) >= 11 is 1.68. The Morgan fingerprint density at radius 3 is 3.05 bits per heavy atom. The van der Waals surface area contributed by atoms with Crippen LogP contribution < -0.4 is 10.1 Å². The minimum atomic E-state index is 0.149.